The molecule has 0 radical (unpaired) electrons. The number of aliphatic hydroxyl groups is 1. The minimum atomic E-state index is -0.123. The third-order valence-electron chi connectivity index (χ3n) is 4.33. The SMILES string of the molecule is CC1(C)Cc2cccc(CN[C@H](CCO)c3ccccc3)c2O1. The zero-order valence-electron chi connectivity index (χ0n) is 13.9. The van der Waals surface area contributed by atoms with Crippen LogP contribution in [0, 0.1) is 0 Å². The first-order valence-corrected chi connectivity index (χ1v) is 8.28. The molecule has 2 aromatic rings. The summed E-state index contributed by atoms with van der Waals surface area (Å²) >= 11 is 0. The predicted molar refractivity (Wildman–Crippen MR) is 92.6 cm³/mol. The molecule has 0 saturated carbocycles. The number of rotatable bonds is 6. The highest BCUT2D eigenvalue weighted by Crippen LogP contribution is 2.37. The molecule has 2 N–H and O–H groups in total. The molecule has 1 heterocycles. The topological polar surface area (TPSA) is 41.5 Å². The molecule has 3 heteroatoms. The second-order valence-corrected chi connectivity index (χ2v) is 6.80. The van der Waals surface area contributed by atoms with E-state index in [1.165, 1.54) is 16.7 Å². The van der Waals surface area contributed by atoms with E-state index in [2.05, 4.69) is 49.5 Å². The lowest BCUT2D eigenvalue weighted by molar-refractivity contribution is 0.137. The molecule has 0 aromatic heterocycles. The van der Waals surface area contributed by atoms with Crippen molar-refractivity contribution in [3.63, 3.8) is 0 Å². The minimum Gasteiger partial charge on any atom is -0.487 e. The quantitative estimate of drug-likeness (QED) is 0.856. The summed E-state index contributed by atoms with van der Waals surface area (Å²) in [5.74, 6) is 1.03. The molecule has 0 unspecified atom stereocenters. The number of benzene rings is 2. The highest BCUT2D eigenvalue weighted by atomic mass is 16.5. The van der Waals surface area contributed by atoms with Gasteiger partial charge in [0, 0.05) is 31.2 Å². The van der Waals surface area contributed by atoms with Gasteiger partial charge in [-0.05, 0) is 31.4 Å². The van der Waals surface area contributed by atoms with Crippen LogP contribution in [-0.4, -0.2) is 17.3 Å². The van der Waals surface area contributed by atoms with Gasteiger partial charge in [0.2, 0.25) is 0 Å². The molecule has 3 rings (SSSR count). The molecule has 1 aliphatic heterocycles. The average Bonchev–Trinajstić information content (AvgIpc) is 2.86. The molecule has 0 amide bonds. The number of hydrogen-bond donors (Lipinski definition) is 2. The lowest BCUT2D eigenvalue weighted by Gasteiger charge is -2.21. The Morgan fingerprint density at radius 2 is 1.91 bits per heavy atom. The molecule has 0 saturated heterocycles. The van der Waals surface area contributed by atoms with Crippen molar-refractivity contribution >= 4 is 0 Å². The Balaban J connectivity index is 1.74. The van der Waals surface area contributed by atoms with Gasteiger partial charge in [-0.3, -0.25) is 0 Å². The minimum absolute atomic E-state index is 0.123. The van der Waals surface area contributed by atoms with Crippen LogP contribution in [0.15, 0.2) is 48.5 Å². The van der Waals surface area contributed by atoms with E-state index < -0.39 is 0 Å². The summed E-state index contributed by atoms with van der Waals surface area (Å²) in [6.45, 7) is 5.16. The zero-order chi connectivity index (χ0) is 16.3. The molecule has 1 atom stereocenters. The second kappa shape index (κ2) is 6.73. The van der Waals surface area contributed by atoms with E-state index in [4.69, 9.17) is 4.74 Å². The van der Waals surface area contributed by atoms with Crippen LogP contribution in [0.4, 0.5) is 0 Å². The Bertz CT molecular complexity index is 652. The summed E-state index contributed by atoms with van der Waals surface area (Å²) < 4.78 is 6.13. The fourth-order valence-electron chi connectivity index (χ4n) is 3.25. The van der Waals surface area contributed by atoms with Crippen molar-refractivity contribution in [3.05, 3.63) is 65.2 Å². The fraction of sp³-hybridized carbons (Fsp3) is 0.400. The summed E-state index contributed by atoms with van der Waals surface area (Å²) in [6.07, 6.45) is 1.65. The van der Waals surface area contributed by atoms with Gasteiger partial charge >= 0.3 is 0 Å². The smallest absolute Gasteiger partial charge is 0.127 e. The summed E-state index contributed by atoms with van der Waals surface area (Å²) in [7, 11) is 0. The van der Waals surface area contributed by atoms with Gasteiger partial charge in [0.05, 0.1) is 0 Å². The maximum absolute atomic E-state index is 9.35. The van der Waals surface area contributed by atoms with Crippen molar-refractivity contribution in [1.29, 1.82) is 0 Å². The number of ether oxygens (including phenoxy) is 1. The van der Waals surface area contributed by atoms with E-state index in [0.717, 1.165) is 18.7 Å². The first-order valence-electron chi connectivity index (χ1n) is 8.28. The molecule has 0 fully saturated rings. The maximum atomic E-state index is 9.35. The monoisotopic (exact) mass is 311 g/mol. The summed E-state index contributed by atoms with van der Waals surface area (Å²) in [6, 6.07) is 16.8. The van der Waals surface area contributed by atoms with Gasteiger partial charge in [0.25, 0.3) is 0 Å². The van der Waals surface area contributed by atoms with Crippen molar-refractivity contribution in [2.75, 3.05) is 6.61 Å². The zero-order valence-corrected chi connectivity index (χ0v) is 13.9. The van der Waals surface area contributed by atoms with Gasteiger partial charge in [0.1, 0.15) is 11.4 Å². The molecule has 3 nitrogen and oxygen atoms in total. The Labute approximate surface area is 138 Å². The Kier molecular flexibility index (Phi) is 4.69. The molecule has 1 aliphatic rings. The van der Waals surface area contributed by atoms with Crippen LogP contribution < -0.4 is 10.1 Å². The summed E-state index contributed by atoms with van der Waals surface area (Å²) in [5.41, 5.74) is 3.55. The van der Waals surface area contributed by atoms with E-state index in [9.17, 15) is 5.11 Å². The lowest BCUT2D eigenvalue weighted by Crippen LogP contribution is -2.25. The van der Waals surface area contributed by atoms with Crippen molar-refractivity contribution < 1.29 is 9.84 Å². The van der Waals surface area contributed by atoms with Crippen LogP contribution >= 0.6 is 0 Å². The molecule has 122 valence electrons. The number of fused-ring (bicyclic) bond motifs is 1. The van der Waals surface area contributed by atoms with E-state index in [0.29, 0.717) is 6.42 Å². The van der Waals surface area contributed by atoms with Crippen LogP contribution in [-0.2, 0) is 13.0 Å². The first-order chi connectivity index (χ1) is 11.1. The molecule has 0 bridgehead atoms. The van der Waals surface area contributed by atoms with Gasteiger partial charge in [-0.1, -0.05) is 48.5 Å². The van der Waals surface area contributed by atoms with Crippen molar-refractivity contribution in [3.8, 4) is 5.75 Å². The predicted octanol–water partition coefficient (Wildman–Crippen LogP) is 3.61. The Hall–Kier alpha value is -1.84. The molecule has 0 spiro atoms. The molecule has 2 aromatic carbocycles. The molecule has 23 heavy (non-hydrogen) atoms. The Morgan fingerprint density at radius 3 is 2.65 bits per heavy atom. The van der Waals surface area contributed by atoms with Gasteiger partial charge in [-0.15, -0.1) is 0 Å². The third-order valence-corrected chi connectivity index (χ3v) is 4.33. The van der Waals surface area contributed by atoms with E-state index in [1.54, 1.807) is 0 Å². The standard InChI is InChI=1S/C20H25NO2/c1-20(2)13-16-9-6-10-17(19(16)23-20)14-21-18(11-12-22)15-7-4-3-5-8-15/h3-10,18,21-22H,11-14H2,1-2H3/t18-/m1/s1. The third kappa shape index (κ3) is 3.74. The number of nitrogens with one attached hydrogen (secondary N) is 1. The van der Waals surface area contributed by atoms with Crippen molar-refractivity contribution in [1.82, 2.24) is 5.32 Å². The van der Waals surface area contributed by atoms with E-state index in [1.807, 2.05) is 18.2 Å². The Morgan fingerprint density at radius 1 is 1.13 bits per heavy atom. The first kappa shape index (κ1) is 16.0. The molecular formula is C20H25NO2. The number of para-hydroxylation sites is 1. The van der Waals surface area contributed by atoms with Crippen LogP contribution in [0.2, 0.25) is 0 Å². The van der Waals surface area contributed by atoms with Gasteiger partial charge in [0.15, 0.2) is 0 Å². The molecule has 0 aliphatic carbocycles. The average molecular weight is 311 g/mol. The van der Waals surface area contributed by atoms with E-state index in [-0.39, 0.29) is 18.2 Å². The van der Waals surface area contributed by atoms with Crippen LogP contribution in [0.1, 0.15) is 43.0 Å². The summed E-state index contributed by atoms with van der Waals surface area (Å²) in [5, 5.41) is 12.9. The van der Waals surface area contributed by atoms with Gasteiger partial charge in [-0.25, -0.2) is 0 Å². The van der Waals surface area contributed by atoms with Crippen LogP contribution in [0.5, 0.6) is 5.75 Å². The van der Waals surface area contributed by atoms with Gasteiger partial charge in [-0.2, -0.15) is 0 Å². The van der Waals surface area contributed by atoms with Gasteiger partial charge < -0.3 is 15.2 Å². The highest BCUT2D eigenvalue weighted by molar-refractivity contribution is 5.45. The normalized spacial score (nSPS) is 16.7. The number of hydrogen-bond acceptors (Lipinski definition) is 3. The fourth-order valence-corrected chi connectivity index (χ4v) is 3.25. The number of aliphatic hydroxyl groups excluding tert-OH is 1. The van der Waals surface area contributed by atoms with Crippen LogP contribution in [0.25, 0.3) is 0 Å². The molecular weight excluding hydrogens is 286 g/mol. The lowest BCUT2D eigenvalue weighted by atomic mass is 10.00. The summed E-state index contributed by atoms with van der Waals surface area (Å²) in [4.78, 5) is 0. The van der Waals surface area contributed by atoms with Crippen molar-refractivity contribution in [2.45, 2.75) is 44.9 Å². The van der Waals surface area contributed by atoms with Crippen molar-refractivity contribution in [2.24, 2.45) is 0 Å². The second-order valence-electron chi connectivity index (χ2n) is 6.80. The van der Waals surface area contributed by atoms with Crippen LogP contribution in [0.3, 0.4) is 0 Å². The maximum Gasteiger partial charge on any atom is 0.127 e. The highest BCUT2D eigenvalue weighted by Gasteiger charge is 2.31. The largest absolute Gasteiger partial charge is 0.487 e. The van der Waals surface area contributed by atoms with E-state index >= 15 is 0 Å².